The molecule has 1 saturated heterocycles. The Kier molecular flexibility index (Phi) is 7.51. The zero-order valence-electron chi connectivity index (χ0n) is 17.4. The molecule has 8 nitrogen and oxygen atoms in total. The number of benzene rings is 1. The number of phosphoric acid groups is 1. The van der Waals surface area contributed by atoms with Crippen molar-refractivity contribution in [3.05, 3.63) is 47.7 Å². The maximum Gasteiger partial charge on any atom is 0.529 e. The molecule has 0 unspecified atom stereocenters. The van der Waals surface area contributed by atoms with E-state index >= 15 is 0 Å². The summed E-state index contributed by atoms with van der Waals surface area (Å²) in [6, 6.07) is 9.46. The summed E-state index contributed by atoms with van der Waals surface area (Å²) in [4.78, 5) is 5.91. The molecule has 0 bridgehead atoms. The van der Waals surface area contributed by atoms with E-state index in [2.05, 4.69) is 0 Å². The zero-order valence-corrected chi connectivity index (χ0v) is 18.3. The van der Waals surface area contributed by atoms with Crippen molar-refractivity contribution in [2.45, 2.75) is 52.2 Å². The second kappa shape index (κ2) is 9.71. The number of hydroxylamine groups is 2. The number of rotatable bonds is 9. The smallest absolute Gasteiger partial charge is 0.407 e. The van der Waals surface area contributed by atoms with E-state index < -0.39 is 19.7 Å². The molecule has 0 spiro atoms. The molecule has 0 aliphatic carbocycles. The highest BCUT2D eigenvalue weighted by Gasteiger charge is 2.46. The average Bonchev–Trinajstić information content (AvgIpc) is 3.02. The Balaban J connectivity index is 1.86. The van der Waals surface area contributed by atoms with E-state index in [4.69, 9.17) is 27.9 Å². The lowest BCUT2D eigenvalue weighted by Gasteiger charge is -2.38. The largest absolute Gasteiger partial charge is 0.529 e. The fraction of sp³-hybridized carbons (Fsp3) is 0.600. The van der Waals surface area contributed by atoms with Gasteiger partial charge in [0.2, 0.25) is 0 Å². The number of hydrogen-bond acceptors (Lipinski definition) is 8. The van der Waals surface area contributed by atoms with Crippen LogP contribution in [0.4, 0.5) is 0 Å². The Morgan fingerprint density at radius 3 is 2.45 bits per heavy atom. The average molecular weight is 427 g/mol. The van der Waals surface area contributed by atoms with Crippen molar-refractivity contribution in [2.75, 3.05) is 26.4 Å². The van der Waals surface area contributed by atoms with Gasteiger partial charge in [-0.1, -0.05) is 30.3 Å². The molecule has 0 radical (unpaired) electrons. The van der Waals surface area contributed by atoms with Crippen molar-refractivity contribution in [3.8, 4) is 0 Å². The SMILES string of the molecule is CCOP(=O)(OCC)OC1=CCON(Cc2ccccc2)[C@H]1[C@H]1COC(C)(C)O1. The molecule has 1 fully saturated rings. The summed E-state index contributed by atoms with van der Waals surface area (Å²) in [5.41, 5.74) is 1.06. The van der Waals surface area contributed by atoms with Gasteiger partial charge in [-0.3, -0.25) is 13.9 Å². The van der Waals surface area contributed by atoms with E-state index in [0.29, 0.717) is 18.9 Å². The number of phosphoric ester groups is 1. The molecular formula is C20H30NO7P. The third-order valence-corrected chi connectivity index (χ3v) is 6.07. The molecule has 1 aromatic carbocycles. The van der Waals surface area contributed by atoms with Gasteiger partial charge in [0.15, 0.2) is 5.79 Å². The van der Waals surface area contributed by atoms with Gasteiger partial charge in [0.1, 0.15) is 17.9 Å². The van der Waals surface area contributed by atoms with Crippen LogP contribution in [0.3, 0.4) is 0 Å². The zero-order chi connectivity index (χ0) is 20.9. The molecule has 0 saturated carbocycles. The molecule has 2 aliphatic rings. The van der Waals surface area contributed by atoms with Crippen molar-refractivity contribution in [2.24, 2.45) is 0 Å². The molecule has 9 heteroatoms. The van der Waals surface area contributed by atoms with Crippen LogP contribution in [0.25, 0.3) is 0 Å². The monoisotopic (exact) mass is 427 g/mol. The number of ether oxygens (including phenoxy) is 2. The van der Waals surface area contributed by atoms with Gasteiger partial charge < -0.3 is 14.0 Å². The van der Waals surface area contributed by atoms with E-state index in [1.807, 2.05) is 44.2 Å². The summed E-state index contributed by atoms with van der Waals surface area (Å²) in [5, 5.41) is 1.78. The quantitative estimate of drug-likeness (QED) is 0.547. The van der Waals surface area contributed by atoms with Crippen LogP contribution >= 0.6 is 7.82 Å². The van der Waals surface area contributed by atoms with Gasteiger partial charge in [-0.25, -0.2) is 4.57 Å². The molecule has 29 heavy (non-hydrogen) atoms. The Bertz CT molecular complexity index is 730. The molecule has 2 atom stereocenters. The van der Waals surface area contributed by atoms with Crippen LogP contribution in [0.15, 0.2) is 42.2 Å². The molecule has 0 aromatic heterocycles. The second-order valence-corrected chi connectivity index (χ2v) is 8.74. The third kappa shape index (κ3) is 5.89. The number of hydrogen-bond donors (Lipinski definition) is 0. The highest BCUT2D eigenvalue weighted by Crippen LogP contribution is 2.52. The summed E-state index contributed by atoms with van der Waals surface area (Å²) < 4.78 is 41.3. The standard InChI is InChI=1S/C20H30NO7P/c1-5-25-29(22,26-6-2)28-17-12-13-24-21(14-16-10-8-7-9-11-16)19(17)18-15-23-20(3,4)27-18/h7-12,18-19H,5-6,13-15H2,1-4H3/t18-,19-/m1/s1. The fourth-order valence-electron chi connectivity index (χ4n) is 3.33. The molecule has 0 amide bonds. The highest BCUT2D eigenvalue weighted by atomic mass is 31.2. The van der Waals surface area contributed by atoms with Crippen molar-refractivity contribution < 1.29 is 32.4 Å². The van der Waals surface area contributed by atoms with Crippen LogP contribution in [0.2, 0.25) is 0 Å². The van der Waals surface area contributed by atoms with Gasteiger partial charge >= 0.3 is 7.82 Å². The maximum absolute atomic E-state index is 13.0. The lowest BCUT2D eigenvalue weighted by Crippen LogP contribution is -2.48. The molecule has 2 aliphatic heterocycles. The van der Waals surface area contributed by atoms with E-state index in [1.54, 1.807) is 25.0 Å². The van der Waals surface area contributed by atoms with Gasteiger partial charge in [0.25, 0.3) is 0 Å². The van der Waals surface area contributed by atoms with Gasteiger partial charge in [0.05, 0.1) is 33.0 Å². The van der Waals surface area contributed by atoms with Crippen molar-refractivity contribution in [3.63, 3.8) is 0 Å². The van der Waals surface area contributed by atoms with Gasteiger partial charge in [-0.2, -0.15) is 5.06 Å². The first-order valence-corrected chi connectivity index (χ1v) is 11.4. The van der Waals surface area contributed by atoms with E-state index in [9.17, 15) is 4.57 Å². The normalized spacial score (nSPS) is 25.0. The topological polar surface area (TPSA) is 75.7 Å². The molecule has 3 rings (SSSR count). The lowest BCUT2D eigenvalue weighted by atomic mass is 10.1. The summed E-state index contributed by atoms with van der Waals surface area (Å²) in [6.45, 7) is 8.72. The Hall–Kier alpha value is -1.25. The van der Waals surface area contributed by atoms with Crippen molar-refractivity contribution in [1.82, 2.24) is 5.06 Å². The second-order valence-electron chi connectivity index (χ2n) is 7.15. The Labute approximate surface area is 172 Å². The first kappa shape index (κ1) is 22.4. The minimum absolute atomic E-state index is 0.204. The van der Waals surface area contributed by atoms with Crippen LogP contribution in [-0.4, -0.2) is 49.4 Å². The lowest BCUT2D eigenvalue weighted by molar-refractivity contribution is -0.221. The fourth-order valence-corrected chi connectivity index (χ4v) is 4.58. The van der Waals surface area contributed by atoms with E-state index in [1.165, 1.54) is 0 Å². The van der Waals surface area contributed by atoms with Gasteiger partial charge in [-0.15, -0.1) is 0 Å². The molecule has 162 valence electrons. The third-order valence-electron chi connectivity index (χ3n) is 4.48. The first-order chi connectivity index (χ1) is 13.9. The summed E-state index contributed by atoms with van der Waals surface area (Å²) >= 11 is 0. The minimum Gasteiger partial charge on any atom is -0.407 e. The summed E-state index contributed by atoms with van der Waals surface area (Å²) in [7, 11) is -3.75. The molecular weight excluding hydrogens is 397 g/mol. The van der Waals surface area contributed by atoms with Crippen molar-refractivity contribution >= 4 is 7.82 Å². The molecule has 1 aromatic rings. The molecule has 0 N–H and O–H groups in total. The van der Waals surface area contributed by atoms with Crippen LogP contribution in [-0.2, 0) is 39.0 Å². The molecule has 2 heterocycles. The maximum atomic E-state index is 13.0. The van der Waals surface area contributed by atoms with E-state index in [-0.39, 0.29) is 25.9 Å². The van der Waals surface area contributed by atoms with Gasteiger partial charge in [0, 0.05) is 0 Å². The predicted octanol–water partition coefficient (Wildman–Crippen LogP) is 4.04. The van der Waals surface area contributed by atoms with Crippen molar-refractivity contribution in [1.29, 1.82) is 0 Å². The van der Waals surface area contributed by atoms with Crippen LogP contribution in [0, 0.1) is 0 Å². The Morgan fingerprint density at radius 1 is 1.17 bits per heavy atom. The van der Waals surface area contributed by atoms with Crippen LogP contribution < -0.4 is 0 Å². The van der Waals surface area contributed by atoms with Gasteiger partial charge in [-0.05, 0) is 39.3 Å². The van der Waals surface area contributed by atoms with Crippen LogP contribution in [0.1, 0.15) is 33.3 Å². The first-order valence-electron chi connectivity index (χ1n) is 9.90. The minimum atomic E-state index is -3.75. The predicted molar refractivity (Wildman–Crippen MR) is 107 cm³/mol. The number of nitrogens with zero attached hydrogens (tertiary/aromatic N) is 1. The van der Waals surface area contributed by atoms with Crippen LogP contribution in [0.5, 0.6) is 0 Å². The Morgan fingerprint density at radius 2 is 1.86 bits per heavy atom. The van der Waals surface area contributed by atoms with E-state index in [0.717, 1.165) is 5.56 Å². The highest BCUT2D eigenvalue weighted by molar-refractivity contribution is 7.48. The summed E-state index contributed by atoms with van der Waals surface area (Å²) in [6.07, 6.45) is 1.36. The summed E-state index contributed by atoms with van der Waals surface area (Å²) in [5.74, 6) is -0.293.